The summed E-state index contributed by atoms with van der Waals surface area (Å²) >= 11 is 1.39. The molecule has 2 N–H and O–H groups in total. The fourth-order valence-corrected chi connectivity index (χ4v) is 4.04. The molecule has 3 aromatic rings. The quantitative estimate of drug-likeness (QED) is 0.577. The van der Waals surface area contributed by atoms with E-state index in [1.807, 2.05) is 24.3 Å². The normalized spacial score (nSPS) is 10.8. The summed E-state index contributed by atoms with van der Waals surface area (Å²) in [7, 11) is 4.12. The molecule has 156 valence electrons. The summed E-state index contributed by atoms with van der Waals surface area (Å²) in [6, 6.07) is 20.4. The van der Waals surface area contributed by atoms with Crippen LogP contribution in [0, 0.1) is 0 Å². The highest BCUT2D eigenvalue weighted by molar-refractivity contribution is 7.14. The van der Waals surface area contributed by atoms with Crippen molar-refractivity contribution < 1.29 is 9.59 Å². The molecule has 0 aliphatic rings. The number of amides is 2. The van der Waals surface area contributed by atoms with Gasteiger partial charge in [-0.15, -0.1) is 11.3 Å². The van der Waals surface area contributed by atoms with Crippen LogP contribution in [0.5, 0.6) is 0 Å². The van der Waals surface area contributed by atoms with E-state index in [1.165, 1.54) is 23.8 Å². The van der Waals surface area contributed by atoms with Crippen molar-refractivity contribution in [2.45, 2.75) is 26.6 Å². The molecule has 0 spiro atoms. The summed E-state index contributed by atoms with van der Waals surface area (Å²) in [6.07, 6.45) is 0. The van der Waals surface area contributed by atoms with Gasteiger partial charge in [-0.3, -0.25) is 9.59 Å². The summed E-state index contributed by atoms with van der Waals surface area (Å²) < 4.78 is 0. The van der Waals surface area contributed by atoms with Gasteiger partial charge >= 0.3 is 0 Å². The molecular formula is C24H27N3O2S. The van der Waals surface area contributed by atoms with Crippen molar-refractivity contribution in [3.8, 4) is 11.1 Å². The van der Waals surface area contributed by atoms with Crippen LogP contribution in [0.3, 0.4) is 0 Å². The Morgan fingerprint density at radius 3 is 2.33 bits per heavy atom. The van der Waals surface area contributed by atoms with Gasteiger partial charge < -0.3 is 15.5 Å². The average molecular weight is 422 g/mol. The number of rotatable bonds is 8. The zero-order chi connectivity index (χ0) is 21.5. The van der Waals surface area contributed by atoms with Crippen LogP contribution in [0.2, 0.25) is 0 Å². The number of hydrogen-bond acceptors (Lipinski definition) is 4. The van der Waals surface area contributed by atoms with Gasteiger partial charge in [-0.25, -0.2) is 0 Å². The van der Waals surface area contributed by atoms with E-state index in [0.717, 1.165) is 28.1 Å². The molecule has 0 aliphatic carbocycles. The molecule has 0 saturated carbocycles. The maximum Gasteiger partial charge on any atom is 0.261 e. The molecule has 1 heterocycles. The average Bonchev–Trinajstić information content (AvgIpc) is 3.20. The Kier molecular flexibility index (Phi) is 7.38. The molecule has 0 bridgehead atoms. The van der Waals surface area contributed by atoms with E-state index in [1.54, 1.807) is 6.07 Å². The van der Waals surface area contributed by atoms with Gasteiger partial charge in [-0.05, 0) is 48.5 Å². The van der Waals surface area contributed by atoms with E-state index in [-0.39, 0.29) is 11.8 Å². The minimum Gasteiger partial charge on any atom is -0.351 e. The Morgan fingerprint density at radius 1 is 0.900 bits per heavy atom. The lowest BCUT2D eigenvalue weighted by Crippen LogP contribution is -2.22. The summed E-state index contributed by atoms with van der Waals surface area (Å²) in [4.78, 5) is 27.4. The van der Waals surface area contributed by atoms with Crippen molar-refractivity contribution in [2.24, 2.45) is 0 Å². The number of benzene rings is 2. The van der Waals surface area contributed by atoms with Gasteiger partial charge in [0.2, 0.25) is 5.91 Å². The van der Waals surface area contributed by atoms with Crippen molar-refractivity contribution in [3.05, 3.63) is 81.5 Å². The lowest BCUT2D eigenvalue weighted by atomic mass is 9.98. The number of nitrogens with one attached hydrogen (secondary N) is 2. The highest BCUT2D eigenvalue weighted by Crippen LogP contribution is 2.25. The fourth-order valence-electron chi connectivity index (χ4n) is 3.18. The molecule has 0 fully saturated rings. The summed E-state index contributed by atoms with van der Waals surface area (Å²) in [6.45, 7) is 3.28. The first kappa shape index (κ1) is 21.7. The lowest BCUT2D eigenvalue weighted by Gasteiger charge is -2.13. The van der Waals surface area contributed by atoms with Crippen LogP contribution in [-0.4, -0.2) is 30.8 Å². The van der Waals surface area contributed by atoms with Gasteiger partial charge in [0.05, 0.1) is 11.4 Å². The van der Waals surface area contributed by atoms with Gasteiger partial charge in [0, 0.05) is 24.9 Å². The molecule has 2 amide bonds. The Balaban J connectivity index is 1.66. The molecule has 0 aliphatic heterocycles. The third kappa shape index (κ3) is 6.02. The molecule has 1 aromatic heterocycles. The molecule has 0 radical (unpaired) electrons. The van der Waals surface area contributed by atoms with Gasteiger partial charge in [0.1, 0.15) is 0 Å². The first-order valence-electron chi connectivity index (χ1n) is 9.85. The fraction of sp³-hybridized carbons (Fsp3) is 0.250. The van der Waals surface area contributed by atoms with Crippen LogP contribution in [0.15, 0.2) is 60.7 Å². The third-order valence-electron chi connectivity index (χ3n) is 4.62. The zero-order valence-electron chi connectivity index (χ0n) is 17.6. The number of thiophene rings is 1. The summed E-state index contributed by atoms with van der Waals surface area (Å²) in [5.41, 5.74) is 4.59. The highest BCUT2D eigenvalue weighted by Gasteiger charge is 2.11. The van der Waals surface area contributed by atoms with Gasteiger partial charge in [-0.1, -0.05) is 48.5 Å². The van der Waals surface area contributed by atoms with Crippen LogP contribution in [-0.2, 0) is 24.4 Å². The summed E-state index contributed by atoms with van der Waals surface area (Å²) in [5, 5.41) is 5.77. The van der Waals surface area contributed by atoms with Crippen molar-refractivity contribution >= 4 is 23.2 Å². The molecular weight excluding hydrogens is 394 g/mol. The van der Waals surface area contributed by atoms with E-state index < -0.39 is 0 Å². The van der Waals surface area contributed by atoms with E-state index in [9.17, 15) is 9.59 Å². The largest absolute Gasteiger partial charge is 0.351 e. The second-order valence-corrected chi connectivity index (χ2v) is 8.62. The summed E-state index contributed by atoms with van der Waals surface area (Å²) in [5.74, 6) is -0.189. The number of nitrogens with zero attached hydrogens (tertiary/aromatic N) is 1. The molecule has 5 nitrogen and oxygen atoms in total. The maximum absolute atomic E-state index is 12.6. The predicted octanol–water partition coefficient (Wildman–Crippen LogP) is 4.04. The molecule has 0 saturated heterocycles. The maximum atomic E-state index is 12.6. The van der Waals surface area contributed by atoms with E-state index in [4.69, 9.17) is 0 Å². The van der Waals surface area contributed by atoms with Crippen LogP contribution in [0.1, 0.15) is 32.6 Å². The first-order valence-corrected chi connectivity index (χ1v) is 10.7. The number of carbonyl (C=O) groups excluding carboxylic acids is 2. The first-order chi connectivity index (χ1) is 14.4. The number of hydrogen-bond donors (Lipinski definition) is 2. The van der Waals surface area contributed by atoms with Crippen LogP contribution >= 0.6 is 11.3 Å². The van der Waals surface area contributed by atoms with Crippen molar-refractivity contribution in [2.75, 3.05) is 14.1 Å². The minimum absolute atomic E-state index is 0.0826. The second kappa shape index (κ2) is 10.2. The SMILES string of the molecule is CC(=O)NCc1ccc(C(=O)NCc2ccccc2-c2ccc(CN(C)C)cc2)s1. The van der Waals surface area contributed by atoms with E-state index in [0.29, 0.717) is 18.0 Å². The molecule has 2 aromatic carbocycles. The van der Waals surface area contributed by atoms with Gasteiger partial charge in [0.15, 0.2) is 0 Å². The van der Waals surface area contributed by atoms with Crippen molar-refractivity contribution in [1.82, 2.24) is 15.5 Å². The molecule has 0 unspecified atom stereocenters. The molecule has 0 atom stereocenters. The monoisotopic (exact) mass is 421 g/mol. The van der Waals surface area contributed by atoms with Crippen LogP contribution in [0.25, 0.3) is 11.1 Å². The third-order valence-corrected chi connectivity index (χ3v) is 5.70. The Morgan fingerprint density at radius 2 is 1.63 bits per heavy atom. The van der Waals surface area contributed by atoms with E-state index in [2.05, 4.69) is 60.0 Å². The Bertz CT molecular complexity index is 1010. The number of carbonyl (C=O) groups is 2. The van der Waals surface area contributed by atoms with Crippen LogP contribution < -0.4 is 10.6 Å². The smallest absolute Gasteiger partial charge is 0.261 e. The van der Waals surface area contributed by atoms with Crippen molar-refractivity contribution in [1.29, 1.82) is 0 Å². The predicted molar refractivity (Wildman–Crippen MR) is 122 cm³/mol. The Hall–Kier alpha value is -2.96. The minimum atomic E-state index is -0.106. The molecule has 30 heavy (non-hydrogen) atoms. The van der Waals surface area contributed by atoms with Gasteiger partial charge in [0.25, 0.3) is 5.91 Å². The second-order valence-electron chi connectivity index (χ2n) is 7.45. The lowest BCUT2D eigenvalue weighted by molar-refractivity contribution is -0.119. The van der Waals surface area contributed by atoms with Crippen LogP contribution in [0.4, 0.5) is 0 Å². The topological polar surface area (TPSA) is 61.4 Å². The van der Waals surface area contributed by atoms with Gasteiger partial charge in [-0.2, -0.15) is 0 Å². The molecule has 3 rings (SSSR count). The highest BCUT2D eigenvalue weighted by atomic mass is 32.1. The Labute approximate surface area is 181 Å². The standard InChI is InChI=1S/C24H27N3O2S/c1-17(28)25-15-21-12-13-23(30-21)24(29)26-14-20-6-4-5-7-22(20)19-10-8-18(9-11-19)16-27(2)3/h4-13H,14-16H2,1-3H3,(H,25,28)(H,26,29). The molecule has 6 heteroatoms. The van der Waals surface area contributed by atoms with Crippen molar-refractivity contribution in [3.63, 3.8) is 0 Å². The zero-order valence-corrected chi connectivity index (χ0v) is 18.4. The van der Waals surface area contributed by atoms with E-state index >= 15 is 0 Å².